The van der Waals surface area contributed by atoms with Gasteiger partial charge in [-0.1, -0.05) is 17.7 Å². The molecule has 38 heavy (non-hydrogen) atoms. The Morgan fingerprint density at radius 1 is 0.974 bits per heavy atom. The van der Waals surface area contributed by atoms with E-state index in [1.165, 1.54) is 42.5 Å². The third kappa shape index (κ3) is 5.63. The number of ether oxygens (including phenoxy) is 1. The molecule has 1 fully saturated rings. The molecule has 0 aliphatic carbocycles. The number of carbonyl (C=O) groups excluding carboxylic acids is 1. The Bertz CT molecular complexity index is 1490. The summed E-state index contributed by atoms with van der Waals surface area (Å²) in [5.41, 5.74) is 2.14. The third-order valence-electron chi connectivity index (χ3n) is 6.58. The van der Waals surface area contributed by atoms with Crippen molar-refractivity contribution in [2.45, 2.75) is 31.5 Å². The van der Waals surface area contributed by atoms with Gasteiger partial charge in [0.1, 0.15) is 18.1 Å². The van der Waals surface area contributed by atoms with Crippen LogP contribution in [-0.2, 0) is 17.5 Å². The summed E-state index contributed by atoms with van der Waals surface area (Å²) in [5.74, 6) is -1.04. The van der Waals surface area contributed by atoms with Crippen LogP contribution >= 0.6 is 11.6 Å². The molecule has 1 N–H and O–H groups in total. The number of aromatic nitrogens is 2. The minimum absolute atomic E-state index is 0.0813. The first-order valence-electron chi connectivity index (χ1n) is 12.0. The van der Waals surface area contributed by atoms with Gasteiger partial charge in [-0.15, -0.1) is 0 Å². The topological polar surface area (TPSA) is 64.1 Å². The molecule has 5 rings (SSSR count). The third-order valence-corrected chi connectivity index (χ3v) is 6.85. The number of nitrogens with zero attached hydrogens (tertiary/aromatic N) is 2. The summed E-state index contributed by atoms with van der Waals surface area (Å²) in [6.07, 6.45) is -2.94. The van der Waals surface area contributed by atoms with Crippen LogP contribution in [0.5, 0.6) is 0 Å². The first kappa shape index (κ1) is 26.1. The molecule has 196 valence electrons. The molecule has 0 bridgehead atoms. The second-order valence-electron chi connectivity index (χ2n) is 9.09. The van der Waals surface area contributed by atoms with Crippen LogP contribution in [0.1, 0.15) is 45.8 Å². The molecule has 0 radical (unpaired) electrons. The summed E-state index contributed by atoms with van der Waals surface area (Å²) < 4.78 is 59.0. The zero-order chi connectivity index (χ0) is 26.9. The molecule has 1 aliphatic rings. The lowest BCUT2D eigenvalue weighted by Gasteiger charge is -2.25. The molecule has 0 unspecified atom stereocenters. The highest BCUT2D eigenvalue weighted by molar-refractivity contribution is 6.32. The molecular weight excluding hydrogens is 522 g/mol. The second kappa shape index (κ2) is 10.7. The molecular formula is C28H22ClF4N3O2. The average Bonchev–Trinajstić information content (AvgIpc) is 2.91. The normalized spacial score (nSPS) is 14.6. The van der Waals surface area contributed by atoms with Crippen molar-refractivity contribution in [3.8, 4) is 11.3 Å². The first-order chi connectivity index (χ1) is 18.2. The van der Waals surface area contributed by atoms with Gasteiger partial charge in [0.25, 0.3) is 0 Å². The van der Waals surface area contributed by atoms with Gasteiger partial charge >= 0.3 is 12.1 Å². The van der Waals surface area contributed by atoms with Gasteiger partial charge in [0.2, 0.25) is 0 Å². The van der Waals surface area contributed by atoms with E-state index in [0.29, 0.717) is 27.9 Å². The maximum absolute atomic E-state index is 13.4. The molecule has 10 heteroatoms. The molecule has 4 aromatic rings. The van der Waals surface area contributed by atoms with Gasteiger partial charge < -0.3 is 10.1 Å². The first-order valence-corrected chi connectivity index (χ1v) is 12.4. The zero-order valence-corrected chi connectivity index (χ0v) is 20.7. The summed E-state index contributed by atoms with van der Waals surface area (Å²) in [5, 5.41) is 3.36. The van der Waals surface area contributed by atoms with Gasteiger partial charge in [-0.2, -0.15) is 13.2 Å². The lowest BCUT2D eigenvalue weighted by molar-refractivity contribution is -0.137. The Labute approximate surface area is 220 Å². The Morgan fingerprint density at radius 3 is 2.42 bits per heavy atom. The summed E-state index contributed by atoms with van der Waals surface area (Å²) in [7, 11) is 0. The van der Waals surface area contributed by atoms with Gasteiger partial charge in [0.05, 0.1) is 22.2 Å². The predicted octanol–water partition coefficient (Wildman–Crippen LogP) is 6.93. The number of halogens is 5. The highest BCUT2D eigenvalue weighted by Crippen LogP contribution is 2.35. The molecule has 0 amide bonds. The maximum Gasteiger partial charge on any atom is 0.416 e. The summed E-state index contributed by atoms with van der Waals surface area (Å²) in [6.45, 7) is 1.24. The van der Waals surface area contributed by atoms with Crippen LogP contribution in [0.2, 0.25) is 5.15 Å². The van der Waals surface area contributed by atoms with Crippen molar-refractivity contribution in [3.05, 3.63) is 93.9 Å². The fourth-order valence-corrected chi connectivity index (χ4v) is 4.86. The number of rotatable bonds is 5. The molecule has 0 spiro atoms. The molecule has 1 aromatic heterocycles. The van der Waals surface area contributed by atoms with Crippen molar-refractivity contribution in [1.82, 2.24) is 15.3 Å². The average molecular weight is 544 g/mol. The van der Waals surface area contributed by atoms with Crippen LogP contribution < -0.4 is 5.32 Å². The molecule has 1 aliphatic heterocycles. The van der Waals surface area contributed by atoms with Crippen molar-refractivity contribution in [3.63, 3.8) is 0 Å². The largest absolute Gasteiger partial charge is 0.457 e. The van der Waals surface area contributed by atoms with E-state index in [2.05, 4.69) is 15.3 Å². The fourth-order valence-electron chi connectivity index (χ4n) is 4.62. The van der Waals surface area contributed by atoms with Crippen molar-refractivity contribution in [2.75, 3.05) is 13.1 Å². The van der Waals surface area contributed by atoms with Gasteiger partial charge in [-0.25, -0.2) is 19.2 Å². The Hall–Kier alpha value is -3.56. The lowest BCUT2D eigenvalue weighted by atomic mass is 9.86. The number of nitrogens with one attached hydrogen (secondary N) is 1. The SMILES string of the molecule is O=C(OCc1cc(C(F)(F)F)ccc1C1CCNCC1)c1ccc2nc(Cl)c(-c3ccc(F)cc3)nc2c1. The Balaban J connectivity index is 1.41. The quantitative estimate of drug-likeness (QED) is 0.218. The van der Waals surface area contributed by atoms with E-state index >= 15 is 0 Å². The number of fused-ring (bicyclic) bond motifs is 1. The van der Waals surface area contributed by atoms with Crippen molar-refractivity contribution >= 4 is 28.6 Å². The van der Waals surface area contributed by atoms with Crippen LogP contribution in [0.15, 0.2) is 60.7 Å². The van der Waals surface area contributed by atoms with Crippen molar-refractivity contribution < 1.29 is 27.1 Å². The molecule has 1 saturated heterocycles. The van der Waals surface area contributed by atoms with Crippen LogP contribution in [0, 0.1) is 5.82 Å². The smallest absolute Gasteiger partial charge is 0.416 e. The molecule has 3 aromatic carbocycles. The number of carbonyl (C=O) groups is 1. The van der Waals surface area contributed by atoms with E-state index in [-0.39, 0.29) is 23.2 Å². The van der Waals surface area contributed by atoms with Crippen molar-refractivity contribution in [2.24, 2.45) is 0 Å². The molecule has 0 saturated carbocycles. The van der Waals surface area contributed by atoms with Gasteiger partial charge in [0.15, 0.2) is 5.15 Å². The van der Waals surface area contributed by atoms with Crippen molar-refractivity contribution in [1.29, 1.82) is 0 Å². The number of piperidine rings is 1. The van der Waals surface area contributed by atoms with E-state index < -0.39 is 23.5 Å². The number of esters is 1. The van der Waals surface area contributed by atoms with Crippen LogP contribution in [0.25, 0.3) is 22.3 Å². The van der Waals surface area contributed by atoms with Crippen LogP contribution in [0.3, 0.4) is 0 Å². The van der Waals surface area contributed by atoms with E-state index in [4.69, 9.17) is 16.3 Å². The molecule has 5 nitrogen and oxygen atoms in total. The number of hydrogen-bond acceptors (Lipinski definition) is 5. The zero-order valence-electron chi connectivity index (χ0n) is 20.0. The number of benzene rings is 3. The minimum Gasteiger partial charge on any atom is -0.457 e. The Morgan fingerprint density at radius 2 is 1.71 bits per heavy atom. The van der Waals surface area contributed by atoms with E-state index in [1.807, 2.05) is 0 Å². The summed E-state index contributed by atoms with van der Waals surface area (Å²) in [6, 6.07) is 13.8. The maximum atomic E-state index is 13.4. The number of alkyl halides is 3. The highest BCUT2D eigenvalue weighted by atomic mass is 35.5. The van der Waals surface area contributed by atoms with Gasteiger partial charge in [0, 0.05) is 5.56 Å². The standard InChI is InChI=1S/C28H22ClF4N3O2/c29-26-25(17-1-5-21(30)6-2-17)35-24-14-18(3-8-23(24)36-26)27(37)38-15-19-13-20(28(31,32)33)4-7-22(19)16-9-11-34-12-10-16/h1-8,13-14,16,34H,9-12,15H2. The lowest BCUT2D eigenvalue weighted by Crippen LogP contribution is -2.27. The van der Waals surface area contributed by atoms with Gasteiger partial charge in [-0.3, -0.25) is 0 Å². The van der Waals surface area contributed by atoms with Crippen LogP contribution in [0.4, 0.5) is 17.6 Å². The summed E-state index contributed by atoms with van der Waals surface area (Å²) in [4.78, 5) is 21.7. The fraction of sp³-hybridized carbons (Fsp3) is 0.250. The van der Waals surface area contributed by atoms with E-state index in [1.54, 1.807) is 6.07 Å². The van der Waals surface area contributed by atoms with Crippen LogP contribution in [-0.4, -0.2) is 29.0 Å². The highest BCUT2D eigenvalue weighted by Gasteiger charge is 2.32. The van der Waals surface area contributed by atoms with E-state index in [0.717, 1.165) is 43.6 Å². The predicted molar refractivity (Wildman–Crippen MR) is 135 cm³/mol. The molecule has 0 atom stereocenters. The van der Waals surface area contributed by atoms with Gasteiger partial charge in [-0.05, 0) is 97.6 Å². The number of hydrogen-bond donors (Lipinski definition) is 1. The van der Waals surface area contributed by atoms with E-state index in [9.17, 15) is 22.4 Å². The second-order valence-corrected chi connectivity index (χ2v) is 9.44. The Kier molecular flexibility index (Phi) is 7.32. The minimum atomic E-state index is -4.51. The monoisotopic (exact) mass is 543 g/mol. The summed E-state index contributed by atoms with van der Waals surface area (Å²) >= 11 is 6.28. The molecule has 2 heterocycles.